The molecule has 0 spiro atoms. The van der Waals surface area contributed by atoms with Gasteiger partial charge in [0.05, 0.1) is 11.4 Å². The van der Waals surface area contributed by atoms with E-state index in [0.29, 0.717) is 5.82 Å². The molecule has 1 heterocycles. The third-order valence-corrected chi connectivity index (χ3v) is 4.11. The highest BCUT2D eigenvalue weighted by atomic mass is 19.1. The predicted octanol–water partition coefficient (Wildman–Crippen LogP) is 4.69. The van der Waals surface area contributed by atoms with Crippen LogP contribution in [0.1, 0.15) is 5.82 Å². The first-order valence-electron chi connectivity index (χ1n) is 8.53. The highest BCUT2D eigenvalue weighted by molar-refractivity contribution is 5.64. The highest BCUT2D eigenvalue weighted by Gasteiger charge is 2.06. The second-order valence-corrected chi connectivity index (χ2v) is 5.96. The van der Waals surface area contributed by atoms with Crippen LogP contribution >= 0.6 is 0 Å². The van der Waals surface area contributed by atoms with Crippen LogP contribution < -0.4 is 5.32 Å². The van der Waals surface area contributed by atoms with Gasteiger partial charge in [-0.1, -0.05) is 42.5 Å². The Morgan fingerprint density at radius 1 is 0.857 bits per heavy atom. The zero-order valence-corrected chi connectivity index (χ0v) is 14.6. The fourth-order valence-corrected chi connectivity index (χ4v) is 2.72. The molecule has 0 saturated carbocycles. The second-order valence-electron chi connectivity index (χ2n) is 5.96. The van der Waals surface area contributed by atoms with Crippen molar-refractivity contribution in [2.45, 2.75) is 0 Å². The van der Waals surface area contributed by atoms with Crippen molar-refractivity contribution in [1.29, 1.82) is 0 Å². The normalized spacial score (nSPS) is 11.1. The fourth-order valence-electron chi connectivity index (χ4n) is 2.72. The molecule has 1 N–H and O–H groups in total. The van der Waals surface area contributed by atoms with Crippen molar-refractivity contribution >= 4 is 11.8 Å². The molecule has 1 aromatic heterocycles. The van der Waals surface area contributed by atoms with E-state index in [-0.39, 0.29) is 5.69 Å². The van der Waals surface area contributed by atoms with E-state index in [0.717, 1.165) is 22.9 Å². The monoisotopic (exact) mass is 375 g/mol. The van der Waals surface area contributed by atoms with Crippen LogP contribution in [0.3, 0.4) is 0 Å². The Bertz CT molecular complexity index is 1110. The van der Waals surface area contributed by atoms with E-state index in [2.05, 4.69) is 20.8 Å². The van der Waals surface area contributed by atoms with Crippen molar-refractivity contribution in [3.63, 3.8) is 0 Å². The van der Waals surface area contributed by atoms with Gasteiger partial charge in [-0.15, -0.1) is 5.10 Å². The van der Waals surface area contributed by atoms with E-state index in [9.17, 15) is 8.78 Å². The van der Waals surface area contributed by atoms with Crippen LogP contribution in [0, 0.1) is 11.6 Å². The van der Waals surface area contributed by atoms with Gasteiger partial charge in [0, 0.05) is 18.3 Å². The number of nitrogens with one attached hydrogen (secondary N) is 1. The Labute approximate surface area is 160 Å². The van der Waals surface area contributed by atoms with Gasteiger partial charge in [0.15, 0.2) is 5.82 Å². The Morgan fingerprint density at radius 3 is 2.36 bits per heavy atom. The van der Waals surface area contributed by atoms with Gasteiger partial charge < -0.3 is 5.32 Å². The summed E-state index contributed by atoms with van der Waals surface area (Å²) >= 11 is 0. The lowest BCUT2D eigenvalue weighted by atomic mass is 10.1. The maximum Gasteiger partial charge on any atom is 0.181 e. The Hall–Kier alpha value is -3.87. The zero-order valence-electron chi connectivity index (χ0n) is 14.6. The van der Waals surface area contributed by atoms with Crippen molar-refractivity contribution in [2.24, 2.45) is 0 Å². The molecular formula is C21H15F2N5. The molecular weight excluding hydrogens is 360 g/mol. The summed E-state index contributed by atoms with van der Waals surface area (Å²) in [5.74, 6) is -0.849. The van der Waals surface area contributed by atoms with Crippen LogP contribution in [0.15, 0.2) is 79.0 Å². The van der Waals surface area contributed by atoms with E-state index in [1.165, 1.54) is 18.3 Å². The lowest BCUT2D eigenvalue weighted by Gasteiger charge is -2.05. The molecule has 0 fully saturated rings. The van der Waals surface area contributed by atoms with Crippen molar-refractivity contribution in [2.75, 3.05) is 5.32 Å². The minimum atomic E-state index is -0.680. The number of tetrazole rings is 1. The van der Waals surface area contributed by atoms with Crippen molar-refractivity contribution in [3.05, 3.63) is 96.5 Å². The van der Waals surface area contributed by atoms with E-state index in [4.69, 9.17) is 0 Å². The molecule has 0 radical (unpaired) electrons. The number of nitrogens with zero attached hydrogens (tertiary/aromatic N) is 4. The summed E-state index contributed by atoms with van der Waals surface area (Å²) in [5.41, 5.74) is 3.15. The molecule has 0 unspecified atom stereocenters. The minimum absolute atomic E-state index is 0.156. The lowest BCUT2D eigenvalue weighted by molar-refractivity contribution is 0.586. The van der Waals surface area contributed by atoms with Gasteiger partial charge in [-0.25, -0.2) is 8.78 Å². The summed E-state index contributed by atoms with van der Waals surface area (Å²) in [6.45, 7) is 0. The van der Waals surface area contributed by atoms with Crippen LogP contribution in [0.25, 0.3) is 22.9 Å². The lowest BCUT2D eigenvalue weighted by Crippen LogP contribution is -2.00. The summed E-state index contributed by atoms with van der Waals surface area (Å²) in [7, 11) is 0. The van der Waals surface area contributed by atoms with E-state index < -0.39 is 11.6 Å². The summed E-state index contributed by atoms with van der Waals surface area (Å²) in [5, 5.41) is 14.4. The predicted molar refractivity (Wildman–Crippen MR) is 104 cm³/mol. The van der Waals surface area contributed by atoms with Crippen LogP contribution in [-0.4, -0.2) is 20.2 Å². The number of benzene rings is 3. The van der Waals surface area contributed by atoms with Crippen molar-refractivity contribution < 1.29 is 8.78 Å². The molecule has 0 amide bonds. The van der Waals surface area contributed by atoms with Gasteiger partial charge in [-0.2, -0.15) is 4.68 Å². The van der Waals surface area contributed by atoms with Gasteiger partial charge in [0.1, 0.15) is 11.6 Å². The Morgan fingerprint density at radius 2 is 1.61 bits per heavy atom. The second kappa shape index (κ2) is 7.79. The molecule has 138 valence electrons. The maximum atomic E-state index is 13.7. The molecule has 0 aliphatic rings. The molecule has 0 bridgehead atoms. The van der Waals surface area contributed by atoms with Crippen molar-refractivity contribution in [3.8, 4) is 16.8 Å². The van der Waals surface area contributed by atoms with Gasteiger partial charge >= 0.3 is 0 Å². The summed E-state index contributed by atoms with van der Waals surface area (Å²) in [6, 6.07) is 21.2. The van der Waals surface area contributed by atoms with Crippen LogP contribution in [0.2, 0.25) is 0 Å². The van der Waals surface area contributed by atoms with E-state index in [1.807, 2.05) is 54.6 Å². The number of aromatic nitrogens is 4. The largest absolute Gasteiger partial charge is 0.359 e. The molecule has 0 aliphatic heterocycles. The smallest absolute Gasteiger partial charge is 0.181 e. The topological polar surface area (TPSA) is 55.6 Å². The molecule has 0 saturated heterocycles. The average Bonchev–Trinajstić information content (AvgIpc) is 3.19. The van der Waals surface area contributed by atoms with Gasteiger partial charge in [0.25, 0.3) is 0 Å². The standard InChI is InChI=1S/C21H15F2N5/c22-17-8-11-20(19(23)14-17)24-13-12-21-25-26-27-28(21)18-9-6-16(7-10-18)15-4-2-1-3-5-15/h1-14,24H. The summed E-state index contributed by atoms with van der Waals surface area (Å²) < 4.78 is 28.2. The third-order valence-electron chi connectivity index (χ3n) is 4.11. The summed E-state index contributed by atoms with van der Waals surface area (Å²) in [4.78, 5) is 0. The quantitative estimate of drug-likeness (QED) is 0.550. The van der Waals surface area contributed by atoms with Gasteiger partial charge in [-0.3, -0.25) is 0 Å². The maximum absolute atomic E-state index is 13.7. The van der Waals surface area contributed by atoms with Crippen LogP contribution in [-0.2, 0) is 0 Å². The number of halogens is 2. The minimum Gasteiger partial charge on any atom is -0.359 e. The van der Waals surface area contributed by atoms with Crippen LogP contribution in [0.5, 0.6) is 0 Å². The van der Waals surface area contributed by atoms with E-state index in [1.54, 1.807) is 10.8 Å². The molecule has 0 aliphatic carbocycles. The first kappa shape index (κ1) is 17.5. The first-order chi connectivity index (χ1) is 13.7. The molecule has 3 aromatic carbocycles. The molecule has 4 aromatic rings. The molecule has 4 rings (SSSR count). The molecule has 5 nitrogen and oxygen atoms in total. The number of hydrogen-bond acceptors (Lipinski definition) is 4. The number of anilines is 1. The Balaban J connectivity index is 1.52. The number of hydrogen-bond donors (Lipinski definition) is 1. The SMILES string of the molecule is Fc1ccc(NC=Cc2nnnn2-c2ccc(-c3ccccc3)cc2)c(F)c1. The van der Waals surface area contributed by atoms with Crippen LogP contribution in [0.4, 0.5) is 14.5 Å². The van der Waals surface area contributed by atoms with Gasteiger partial charge in [-0.05, 0) is 45.8 Å². The fraction of sp³-hybridized carbons (Fsp3) is 0. The summed E-state index contributed by atoms with van der Waals surface area (Å²) in [6.07, 6.45) is 3.10. The Kier molecular flexibility index (Phi) is 4.88. The van der Waals surface area contributed by atoms with E-state index >= 15 is 0 Å². The van der Waals surface area contributed by atoms with Gasteiger partial charge in [0.2, 0.25) is 0 Å². The number of rotatable bonds is 5. The highest BCUT2D eigenvalue weighted by Crippen LogP contribution is 2.21. The zero-order chi connectivity index (χ0) is 19.3. The first-order valence-corrected chi connectivity index (χ1v) is 8.53. The third kappa shape index (κ3) is 3.78. The van der Waals surface area contributed by atoms with Crippen molar-refractivity contribution in [1.82, 2.24) is 20.2 Å². The average molecular weight is 375 g/mol. The molecule has 28 heavy (non-hydrogen) atoms. The molecule has 0 atom stereocenters. The molecule has 7 heteroatoms.